The molecular weight excluding hydrogens is 304 g/mol. The van der Waals surface area contributed by atoms with Gasteiger partial charge in [-0.2, -0.15) is 0 Å². The Bertz CT molecular complexity index is 627. The summed E-state index contributed by atoms with van der Waals surface area (Å²) in [4.78, 5) is 13.1. The fourth-order valence-electron chi connectivity index (χ4n) is 1.90. The Kier molecular flexibility index (Phi) is 5.69. The zero-order valence-corrected chi connectivity index (χ0v) is 13.9. The second-order valence-electron chi connectivity index (χ2n) is 4.31. The van der Waals surface area contributed by atoms with Gasteiger partial charge in [0.15, 0.2) is 5.16 Å². The zero-order valence-electron chi connectivity index (χ0n) is 12.3. The van der Waals surface area contributed by atoms with E-state index in [-0.39, 0.29) is 5.91 Å². The van der Waals surface area contributed by atoms with Crippen molar-refractivity contribution in [2.24, 2.45) is 0 Å². The molecule has 5 nitrogen and oxygen atoms in total. The van der Waals surface area contributed by atoms with E-state index in [0.29, 0.717) is 5.75 Å². The van der Waals surface area contributed by atoms with Crippen LogP contribution in [0.25, 0.3) is 0 Å². The predicted octanol–water partition coefficient (Wildman–Crippen LogP) is 3.06. The number of hydrogen-bond donors (Lipinski definition) is 1. The molecule has 0 aliphatic rings. The van der Waals surface area contributed by atoms with Crippen LogP contribution in [0.5, 0.6) is 0 Å². The average Bonchev–Trinajstić information content (AvgIpc) is 2.85. The van der Waals surface area contributed by atoms with Crippen molar-refractivity contribution in [1.82, 2.24) is 14.8 Å². The SMILES string of the molecule is CCn1c(C)nnc1SCC(=O)Nc1ccccc1SC. The molecule has 1 N–H and O–H groups in total. The van der Waals surface area contributed by atoms with Gasteiger partial charge in [0, 0.05) is 11.4 Å². The molecule has 0 radical (unpaired) electrons. The summed E-state index contributed by atoms with van der Waals surface area (Å²) in [7, 11) is 0. The summed E-state index contributed by atoms with van der Waals surface area (Å²) in [6, 6.07) is 7.78. The zero-order chi connectivity index (χ0) is 15.2. The fraction of sp³-hybridized carbons (Fsp3) is 0.357. The first kappa shape index (κ1) is 15.9. The molecule has 21 heavy (non-hydrogen) atoms. The second-order valence-corrected chi connectivity index (χ2v) is 6.10. The highest BCUT2D eigenvalue weighted by atomic mass is 32.2. The van der Waals surface area contributed by atoms with Crippen LogP contribution < -0.4 is 5.32 Å². The molecule has 1 amide bonds. The van der Waals surface area contributed by atoms with Gasteiger partial charge in [-0.15, -0.1) is 22.0 Å². The van der Waals surface area contributed by atoms with Crippen molar-refractivity contribution in [1.29, 1.82) is 0 Å². The number of amides is 1. The molecule has 1 heterocycles. The number of nitrogens with one attached hydrogen (secondary N) is 1. The fourth-order valence-corrected chi connectivity index (χ4v) is 3.30. The maximum atomic E-state index is 12.1. The molecule has 1 aromatic carbocycles. The van der Waals surface area contributed by atoms with Crippen LogP contribution in [-0.4, -0.2) is 32.7 Å². The first-order chi connectivity index (χ1) is 10.2. The number of thioether (sulfide) groups is 2. The quantitative estimate of drug-likeness (QED) is 0.828. The number of benzene rings is 1. The number of nitrogens with zero attached hydrogens (tertiary/aromatic N) is 3. The summed E-state index contributed by atoms with van der Waals surface area (Å²) in [5.41, 5.74) is 0.851. The number of para-hydroxylation sites is 1. The highest BCUT2D eigenvalue weighted by molar-refractivity contribution is 7.99. The van der Waals surface area contributed by atoms with Gasteiger partial charge >= 0.3 is 0 Å². The second kappa shape index (κ2) is 7.51. The Hall–Kier alpha value is -1.47. The van der Waals surface area contributed by atoms with Gasteiger partial charge in [0.25, 0.3) is 0 Å². The molecule has 0 aliphatic carbocycles. The molecule has 1 aromatic heterocycles. The van der Waals surface area contributed by atoms with Crippen LogP contribution in [0.3, 0.4) is 0 Å². The lowest BCUT2D eigenvalue weighted by Crippen LogP contribution is -2.15. The van der Waals surface area contributed by atoms with E-state index in [0.717, 1.165) is 28.1 Å². The standard InChI is InChI=1S/C14H18N4OS2/c1-4-18-10(2)16-17-14(18)21-9-13(19)15-11-7-5-6-8-12(11)20-3/h5-8H,4,9H2,1-3H3,(H,15,19). The minimum atomic E-state index is -0.0372. The average molecular weight is 322 g/mol. The highest BCUT2D eigenvalue weighted by Crippen LogP contribution is 2.25. The topological polar surface area (TPSA) is 59.8 Å². The van der Waals surface area contributed by atoms with Gasteiger partial charge in [-0.25, -0.2) is 0 Å². The van der Waals surface area contributed by atoms with Gasteiger partial charge in [-0.3, -0.25) is 4.79 Å². The Morgan fingerprint density at radius 1 is 1.33 bits per heavy atom. The van der Waals surface area contributed by atoms with E-state index >= 15 is 0 Å². The van der Waals surface area contributed by atoms with E-state index in [1.54, 1.807) is 11.8 Å². The van der Waals surface area contributed by atoms with Crippen LogP contribution >= 0.6 is 23.5 Å². The lowest BCUT2D eigenvalue weighted by atomic mass is 10.3. The number of aromatic nitrogens is 3. The number of rotatable bonds is 6. The number of carbonyl (C=O) groups is 1. The maximum absolute atomic E-state index is 12.1. The number of aryl methyl sites for hydroxylation is 1. The van der Waals surface area contributed by atoms with Crippen molar-refractivity contribution in [2.75, 3.05) is 17.3 Å². The molecule has 0 aliphatic heterocycles. The molecule has 0 unspecified atom stereocenters. The summed E-state index contributed by atoms with van der Waals surface area (Å²) in [5, 5.41) is 11.8. The molecule has 0 saturated carbocycles. The van der Waals surface area contributed by atoms with E-state index in [2.05, 4.69) is 15.5 Å². The van der Waals surface area contributed by atoms with Crippen molar-refractivity contribution in [2.45, 2.75) is 30.4 Å². The van der Waals surface area contributed by atoms with Crippen molar-refractivity contribution >= 4 is 35.1 Å². The summed E-state index contributed by atoms with van der Waals surface area (Å²) in [6.07, 6.45) is 1.99. The first-order valence-electron chi connectivity index (χ1n) is 6.61. The lowest BCUT2D eigenvalue weighted by molar-refractivity contribution is -0.113. The van der Waals surface area contributed by atoms with Crippen molar-refractivity contribution in [3.05, 3.63) is 30.1 Å². The lowest BCUT2D eigenvalue weighted by Gasteiger charge is -2.09. The Balaban J connectivity index is 1.96. The van der Waals surface area contributed by atoms with E-state index in [9.17, 15) is 4.79 Å². The molecule has 0 bridgehead atoms. The van der Waals surface area contributed by atoms with Crippen LogP contribution in [0, 0.1) is 6.92 Å². The Morgan fingerprint density at radius 2 is 2.10 bits per heavy atom. The minimum Gasteiger partial charge on any atom is -0.324 e. The van der Waals surface area contributed by atoms with Gasteiger partial charge in [0.1, 0.15) is 5.82 Å². The third-order valence-corrected chi connectivity index (χ3v) is 4.69. The monoisotopic (exact) mass is 322 g/mol. The van der Waals surface area contributed by atoms with E-state index in [4.69, 9.17) is 0 Å². The third-order valence-electron chi connectivity index (χ3n) is 2.93. The normalized spacial score (nSPS) is 10.6. The molecular formula is C14H18N4OS2. The number of hydrogen-bond acceptors (Lipinski definition) is 5. The summed E-state index contributed by atoms with van der Waals surface area (Å²) in [6.45, 7) is 4.75. The van der Waals surface area contributed by atoms with Crippen LogP contribution in [0.4, 0.5) is 5.69 Å². The number of carbonyl (C=O) groups excluding carboxylic acids is 1. The van der Waals surface area contributed by atoms with Crippen LogP contribution in [0.1, 0.15) is 12.7 Å². The predicted molar refractivity (Wildman–Crippen MR) is 88.0 cm³/mol. The maximum Gasteiger partial charge on any atom is 0.234 e. The molecule has 0 spiro atoms. The summed E-state index contributed by atoms with van der Waals surface area (Å²) < 4.78 is 1.99. The summed E-state index contributed by atoms with van der Waals surface area (Å²) >= 11 is 3.02. The molecule has 0 fully saturated rings. The van der Waals surface area contributed by atoms with Crippen molar-refractivity contribution in [3.8, 4) is 0 Å². The van der Waals surface area contributed by atoms with E-state index in [1.165, 1.54) is 11.8 Å². The van der Waals surface area contributed by atoms with Gasteiger partial charge in [-0.05, 0) is 32.2 Å². The molecule has 7 heteroatoms. The van der Waals surface area contributed by atoms with Crippen molar-refractivity contribution < 1.29 is 4.79 Å². The minimum absolute atomic E-state index is 0.0372. The van der Waals surface area contributed by atoms with Crippen LogP contribution in [0.2, 0.25) is 0 Å². The number of anilines is 1. The van der Waals surface area contributed by atoms with Crippen LogP contribution in [-0.2, 0) is 11.3 Å². The van der Waals surface area contributed by atoms with Gasteiger partial charge < -0.3 is 9.88 Å². The summed E-state index contributed by atoms with van der Waals surface area (Å²) in [5.74, 6) is 1.15. The van der Waals surface area contributed by atoms with Gasteiger partial charge in [-0.1, -0.05) is 23.9 Å². The first-order valence-corrected chi connectivity index (χ1v) is 8.82. The highest BCUT2D eigenvalue weighted by Gasteiger charge is 2.11. The molecule has 2 aromatic rings. The van der Waals surface area contributed by atoms with Gasteiger partial charge in [0.2, 0.25) is 5.91 Å². The largest absolute Gasteiger partial charge is 0.324 e. The van der Waals surface area contributed by atoms with E-state index in [1.807, 2.05) is 48.9 Å². The van der Waals surface area contributed by atoms with Crippen LogP contribution in [0.15, 0.2) is 34.3 Å². The Morgan fingerprint density at radius 3 is 2.81 bits per heavy atom. The molecule has 2 rings (SSSR count). The van der Waals surface area contributed by atoms with E-state index < -0.39 is 0 Å². The molecule has 0 saturated heterocycles. The van der Waals surface area contributed by atoms with Gasteiger partial charge in [0.05, 0.1) is 11.4 Å². The molecule has 0 atom stereocenters. The molecule has 112 valence electrons. The van der Waals surface area contributed by atoms with Crippen molar-refractivity contribution in [3.63, 3.8) is 0 Å². The Labute approximate surface area is 132 Å². The third kappa shape index (κ3) is 4.01. The smallest absolute Gasteiger partial charge is 0.234 e.